The number of hydrogen-bond acceptors (Lipinski definition) is 2. The summed E-state index contributed by atoms with van der Waals surface area (Å²) in [5.74, 6) is 0.671. The number of nitrogens with zero attached hydrogens (tertiary/aromatic N) is 1. The number of anilines is 1. The Balaban J connectivity index is 2.33. The molecule has 1 heterocycles. The van der Waals surface area contributed by atoms with E-state index in [1.165, 1.54) is 24.1 Å². The van der Waals surface area contributed by atoms with E-state index in [9.17, 15) is 0 Å². The lowest BCUT2D eigenvalue weighted by Crippen LogP contribution is -2.34. The Kier molecular flexibility index (Phi) is 4.75. The summed E-state index contributed by atoms with van der Waals surface area (Å²) >= 11 is 6.20. The van der Waals surface area contributed by atoms with Crippen LogP contribution in [0, 0.1) is 5.92 Å². The van der Waals surface area contributed by atoms with Crippen molar-refractivity contribution in [3.8, 4) is 0 Å². The second-order valence-electron chi connectivity index (χ2n) is 6.10. The van der Waals surface area contributed by atoms with Gasteiger partial charge in [0.25, 0.3) is 0 Å². The molecule has 0 radical (unpaired) electrons. The third-order valence-electron chi connectivity index (χ3n) is 3.97. The van der Waals surface area contributed by atoms with Crippen molar-refractivity contribution in [3.05, 3.63) is 28.8 Å². The smallest absolute Gasteiger partial charge is 0.0426 e. The van der Waals surface area contributed by atoms with Crippen molar-refractivity contribution in [3.63, 3.8) is 0 Å². The topological polar surface area (TPSA) is 29.3 Å². The van der Waals surface area contributed by atoms with Crippen LogP contribution in [0.2, 0.25) is 5.02 Å². The van der Waals surface area contributed by atoms with Crippen LogP contribution in [0.15, 0.2) is 18.2 Å². The highest BCUT2D eigenvalue weighted by molar-refractivity contribution is 6.30. The van der Waals surface area contributed by atoms with E-state index >= 15 is 0 Å². The zero-order valence-corrected chi connectivity index (χ0v) is 13.0. The molecule has 0 aliphatic carbocycles. The number of nitrogens with two attached hydrogens (primary N) is 1. The Morgan fingerprint density at radius 1 is 1.37 bits per heavy atom. The molecule has 1 saturated heterocycles. The summed E-state index contributed by atoms with van der Waals surface area (Å²) in [6.45, 7) is 7.80. The van der Waals surface area contributed by atoms with E-state index in [0.717, 1.165) is 18.0 Å². The Hall–Kier alpha value is -0.730. The van der Waals surface area contributed by atoms with Crippen LogP contribution in [-0.4, -0.2) is 18.6 Å². The highest BCUT2D eigenvalue weighted by Crippen LogP contribution is 2.34. The summed E-state index contributed by atoms with van der Waals surface area (Å²) in [5.41, 5.74) is 8.59. The Morgan fingerprint density at radius 2 is 2.11 bits per heavy atom. The van der Waals surface area contributed by atoms with Crippen LogP contribution < -0.4 is 10.6 Å². The molecular weight excluding hydrogens is 256 g/mol. The standard InChI is InChI=1S/C16H25ClN2/c1-11(2)15-5-4-8-19(15)16-10-14(17)7-6-13(16)9-12(3)18/h6-7,10-12,15H,4-5,8-9,18H2,1-3H3. The monoisotopic (exact) mass is 280 g/mol. The molecular formula is C16H25ClN2. The highest BCUT2D eigenvalue weighted by atomic mass is 35.5. The van der Waals surface area contributed by atoms with Crippen LogP contribution >= 0.6 is 11.6 Å². The minimum absolute atomic E-state index is 0.181. The molecule has 0 saturated carbocycles. The SMILES string of the molecule is CC(N)Cc1ccc(Cl)cc1N1CCCC1C(C)C. The molecule has 2 unspecified atom stereocenters. The van der Waals surface area contributed by atoms with E-state index in [1.807, 2.05) is 6.07 Å². The van der Waals surface area contributed by atoms with E-state index in [0.29, 0.717) is 12.0 Å². The van der Waals surface area contributed by atoms with Gasteiger partial charge in [-0.25, -0.2) is 0 Å². The molecule has 0 bridgehead atoms. The molecule has 0 amide bonds. The molecule has 1 aromatic carbocycles. The van der Waals surface area contributed by atoms with Gasteiger partial charge in [0, 0.05) is 29.3 Å². The van der Waals surface area contributed by atoms with Crippen LogP contribution in [0.25, 0.3) is 0 Å². The third kappa shape index (κ3) is 3.43. The minimum Gasteiger partial charge on any atom is -0.368 e. The first-order chi connectivity index (χ1) is 8.99. The summed E-state index contributed by atoms with van der Waals surface area (Å²) in [6, 6.07) is 7.03. The molecule has 2 rings (SSSR count). The average molecular weight is 281 g/mol. The predicted molar refractivity (Wildman–Crippen MR) is 84.0 cm³/mol. The lowest BCUT2D eigenvalue weighted by atomic mass is 9.99. The maximum absolute atomic E-state index is 6.20. The van der Waals surface area contributed by atoms with E-state index in [2.05, 4.69) is 37.8 Å². The van der Waals surface area contributed by atoms with Crippen LogP contribution in [0.3, 0.4) is 0 Å². The molecule has 1 aliphatic heterocycles. The molecule has 2 nitrogen and oxygen atoms in total. The largest absolute Gasteiger partial charge is 0.368 e. The first kappa shape index (κ1) is 14.7. The highest BCUT2D eigenvalue weighted by Gasteiger charge is 2.28. The second-order valence-corrected chi connectivity index (χ2v) is 6.54. The molecule has 106 valence electrons. The zero-order chi connectivity index (χ0) is 14.0. The quantitative estimate of drug-likeness (QED) is 0.908. The van der Waals surface area contributed by atoms with Crippen LogP contribution in [-0.2, 0) is 6.42 Å². The Bertz CT molecular complexity index is 429. The van der Waals surface area contributed by atoms with Crippen molar-refractivity contribution in [1.29, 1.82) is 0 Å². The molecule has 3 heteroatoms. The van der Waals surface area contributed by atoms with Gasteiger partial charge >= 0.3 is 0 Å². The zero-order valence-electron chi connectivity index (χ0n) is 12.2. The fourth-order valence-electron chi connectivity index (χ4n) is 3.11. The second kappa shape index (κ2) is 6.15. The fourth-order valence-corrected chi connectivity index (χ4v) is 3.27. The molecule has 1 fully saturated rings. The van der Waals surface area contributed by atoms with E-state index < -0.39 is 0 Å². The van der Waals surface area contributed by atoms with Gasteiger partial charge in [0.1, 0.15) is 0 Å². The van der Waals surface area contributed by atoms with Gasteiger partial charge in [-0.1, -0.05) is 31.5 Å². The van der Waals surface area contributed by atoms with Crippen molar-refractivity contribution in [2.24, 2.45) is 11.7 Å². The predicted octanol–water partition coefficient (Wildman–Crippen LogP) is 3.85. The number of hydrogen-bond donors (Lipinski definition) is 1. The normalized spacial score (nSPS) is 21.2. The molecule has 0 aromatic heterocycles. The first-order valence-corrected chi connectivity index (χ1v) is 7.67. The van der Waals surface area contributed by atoms with E-state index in [-0.39, 0.29) is 6.04 Å². The summed E-state index contributed by atoms with van der Waals surface area (Å²) in [4.78, 5) is 2.54. The van der Waals surface area contributed by atoms with Gasteiger partial charge in [-0.3, -0.25) is 0 Å². The van der Waals surface area contributed by atoms with Crippen molar-refractivity contribution in [2.45, 2.75) is 52.1 Å². The molecule has 0 spiro atoms. The van der Waals surface area contributed by atoms with Gasteiger partial charge in [0.05, 0.1) is 0 Å². The maximum atomic E-state index is 6.20. The van der Waals surface area contributed by atoms with E-state index in [1.54, 1.807) is 0 Å². The number of halogens is 1. The summed E-state index contributed by atoms with van der Waals surface area (Å²) < 4.78 is 0. The maximum Gasteiger partial charge on any atom is 0.0426 e. The lowest BCUT2D eigenvalue weighted by Gasteiger charge is -2.32. The van der Waals surface area contributed by atoms with E-state index in [4.69, 9.17) is 17.3 Å². The van der Waals surface area contributed by atoms with Crippen LogP contribution in [0.1, 0.15) is 39.2 Å². The Labute approximate surface area is 121 Å². The third-order valence-corrected chi connectivity index (χ3v) is 4.20. The fraction of sp³-hybridized carbons (Fsp3) is 0.625. The molecule has 19 heavy (non-hydrogen) atoms. The molecule has 2 atom stereocenters. The summed E-state index contributed by atoms with van der Waals surface area (Å²) in [6.07, 6.45) is 3.46. The first-order valence-electron chi connectivity index (χ1n) is 7.29. The number of rotatable bonds is 4. The van der Waals surface area contributed by atoms with Gasteiger partial charge in [0.2, 0.25) is 0 Å². The Morgan fingerprint density at radius 3 is 2.74 bits per heavy atom. The molecule has 1 aromatic rings. The van der Waals surface area contributed by atoms with Gasteiger partial charge in [0.15, 0.2) is 0 Å². The summed E-state index contributed by atoms with van der Waals surface area (Å²) in [5, 5.41) is 0.817. The number of benzene rings is 1. The van der Waals surface area contributed by atoms with Gasteiger partial charge < -0.3 is 10.6 Å². The molecule has 2 N–H and O–H groups in total. The lowest BCUT2D eigenvalue weighted by molar-refractivity contribution is 0.491. The van der Waals surface area contributed by atoms with Crippen molar-refractivity contribution < 1.29 is 0 Å². The van der Waals surface area contributed by atoms with Crippen molar-refractivity contribution in [2.75, 3.05) is 11.4 Å². The van der Waals surface area contributed by atoms with Crippen LogP contribution in [0.5, 0.6) is 0 Å². The minimum atomic E-state index is 0.181. The summed E-state index contributed by atoms with van der Waals surface area (Å²) in [7, 11) is 0. The average Bonchev–Trinajstić information content (AvgIpc) is 2.79. The van der Waals surface area contributed by atoms with Gasteiger partial charge in [-0.15, -0.1) is 0 Å². The van der Waals surface area contributed by atoms with Crippen molar-refractivity contribution >= 4 is 17.3 Å². The van der Waals surface area contributed by atoms with Gasteiger partial charge in [-0.2, -0.15) is 0 Å². The van der Waals surface area contributed by atoms with Gasteiger partial charge in [-0.05, 0) is 49.8 Å². The van der Waals surface area contributed by atoms with Crippen molar-refractivity contribution in [1.82, 2.24) is 0 Å². The van der Waals surface area contributed by atoms with Crippen LogP contribution in [0.4, 0.5) is 5.69 Å². The molecule has 1 aliphatic rings.